The molecular formula is C19H20F3N3S. The Morgan fingerprint density at radius 1 is 1.00 bits per heavy atom. The van der Waals surface area contributed by atoms with Crippen molar-refractivity contribution >= 4 is 22.7 Å². The van der Waals surface area contributed by atoms with E-state index in [0.29, 0.717) is 12.1 Å². The molecule has 0 atom stereocenters. The largest absolute Gasteiger partial charge is 0.394 e. The van der Waals surface area contributed by atoms with Crippen molar-refractivity contribution < 1.29 is 13.2 Å². The maximum atomic E-state index is 12.2. The minimum Gasteiger partial charge on any atom is -0.394 e. The molecule has 2 aromatic carbocycles. The molecule has 0 amide bonds. The molecule has 0 bridgehead atoms. The molecule has 138 valence electrons. The second-order valence-electron chi connectivity index (χ2n) is 5.38. The molecule has 0 unspecified atom stereocenters. The van der Waals surface area contributed by atoms with Gasteiger partial charge >= 0.3 is 0 Å². The van der Waals surface area contributed by atoms with E-state index in [1.807, 2.05) is 5.51 Å². The summed E-state index contributed by atoms with van der Waals surface area (Å²) in [6, 6.07) is 9.67. The number of nitrogens with zero attached hydrogens (tertiary/aromatic N) is 2. The van der Waals surface area contributed by atoms with Gasteiger partial charge in [-0.05, 0) is 26.0 Å². The number of halogens is 3. The molecule has 0 aliphatic heterocycles. The monoisotopic (exact) mass is 379 g/mol. The predicted octanol–water partition coefficient (Wildman–Crippen LogP) is 5.34. The van der Waals surface area contributed by atoms with Gasteiger partial charge in [-0.25, -0.2) is 18.2 Å². The molecule has 0 spiro atoms. The number of hydrogen-bond donors (Lipinski definition) is 1. The van der Waals surface area contributed by atoms with Crippen LogP contribution < -0.4 is 10.6 Å². The zero-order chi connectivity index (χ0) is 19.1. The van der Waals surface area contributed by atoms with E-state index in [1.165, 1.54) is 11.3 Å². The second-order valence-corrected chi connectivity index (χ2v) is 6.09. The molecule has 3 rings (SSSR count). The third kappa shape index (κ3) is 4.98. The number of hydrogen-bond acceptors (Lipinski definition) is 4. The topological polar surface area (TPSA) is 42.2 Å². The van der Waals surface area contributed by atoms with Crippen molar-refractivity contribution in [3.05, 3.63) is 64.7 Å². The molecule has 26 heavy (non-hydrogen) atoms. The minimum atomic E-state index is -1.07. The predicted molar refractivity (Wildman–Crippen MR) is 102 cm³/mol. The van der Waals surface area contributed by atoms with Gasteiger partial charge in [-0.1, -0.05) is 12.1 Å². The molecule has 7 heteroatoms. The lowest BCUT2D eigenvalue weighted by Crippen LogP contribution is -2.21. The number of nitrogens with two attached hydrogens (primary N) is 1. The van der Waals surface area contributed by atoms with Crippen molar-refractivity contribution in [1.29, 1.82) is 0 Å². The van der Waals surface area contributed by atoms with E-state index in [0.717, 1.165) is 18.8 Å². The Balaban J connectivity index is 0.000000209. The van der Waals surface area contributed by atoms with E-state index in [9.17, 15) is 13.2 Å². The van der Waals surface area contributed by atoms with Crippen LogP contribution in [0.1, 0.15) is 13.8 Å². The lowest BCUT2D eigenvalue weighted by atomic mass is 10.1. The number of anilines is 2. The van der Waals surface area contributed by atoms with Gasteiger partial charge in [-0.15, -0.1) is 11.3 Å². The summed E-state index contributed by atoms with van der Waals surface area (Å²) in [4.78, 5) is 6.64. The molecule has 0 saturated heterocycles. The third-order valence-electron chi connectivity index (χ3n) is 3.77. The number of aromatic nitrogens is 1. The summed E-state index contributed by atoms with van der Waals surface area (Å²) in [5.41, 5.74) is 9.59. The van der Waals surface area contributed by atoms with E-state index in [1.54, 1.807) is 11.3 Å². The van der Waals surface area contributed by atoms with Gasteiger partial charge in [0, 0.05) is 41.9 Å². The first-order valence-corrected chi connectivity index (χ1v) is 9.04. The highest BCUT2D eigenvalue weighted by atomic mass is 32.1. The van der Waals surface area contributed by atoms with Crippen molar-refractivity contribution in [2.24, 2.45) is 0 Å². The molecule has 0 fully saturated rings. The first-order valence-electron chi connectivity index (χ1n) is 8.09. The minimum absolute atomic E-state index is 0.526. The zero-order valence-electron chi connectivity index (χ0n) is 14.5. The van der Waals surface area contributed by atoms with Crippen molar-refractivity contribution in [3.8, 4) is 11.3 Å². The molecule has 2 N–H and O–H groups in total. The van der Waals surface area contributed by atoms with Crippen molar-refractivity contribution in [2.45, 2.75) is 13.8 Å². The maximum Gasteiger partial charge on any atom is 0.152 e. The number of thiazole rings is 1. The number of nitrogen functional groups attached to an aromatic ring is 1. The summed E-state index contributed by atoms with van der Waals surface area (Å²) >= 11 is 1.63. The van der Waals surface area contributed by atoms with E-state index < -0.39 is 23.1 Å². The van der Waals surface area contributed by atoms with Crippen LogP contribution >= 0.6 is 11.3 Å². The summed E-state index contributed by atoms with van der Waals surface area (Å²) in [5.74, 6) is -3.11. The van der Waals surface area contributed by atoms with E-state index in [-0.39, 0.29) is 0 Å². The molecule has 0 radical (unpaired) electrons. The fraction of sp³-hybridized carbons (Fsp3) is 0.211. The maximum absolute atomic E-state index is 12.2. The fourth-order valence-electron chi connectivity index (χ4n) is 2.34. The SMILES string of the molecule is CCN(CC)c1ccc(-c2cscn2)cc1.Nc1c(F)cc(F)cc1F. The Morgan fingerprint density at radius 2 is 1.58 bits per heavy atom. The van der Waals surface area contributed by atoms with Gasteiger partial charge in [-0.3, -0.25) is 0 Å². The van der Waals surface area contributed by atoms with Crippen LogP contribution in [-0.4, -0.2) is 18.1 Å². The van der Waals surface area contributed by atoms with Crippen molar-refractivity contribution in [3.63, 3.8) is 0 Å². The average Bonchev–Trinajstić information content (AvgIpc) is 3.16. The molecule has 3 nitrogen and oxygen atoms in total. The van der Waals surface area contributed by atoms with Gasteiger partial charge in [0.1, 0.15) is 11.5 Å². The summed E-state index contributed by atoms with van der Waals surface area (Å²) in [7, 11) is 0. The van der Waals surface area contributed by atoms with Crippen LogP contribution in [0.2, 0.25) is 0 Å². The standard InChI is InChI=1S/C13H16N2S.C6H4F3N/c1-3-15(4-2)12-7-5-11(6-8-12)13-9-16-10-14-13;7-3-1-4(8)6(10)5(9)2-3/h5-10H,3-4H2,1-2H3;1-2H,10H2. The van der Waals surface area contributed by atoms with Crippen molar-refractivity contribution in [1.82, 2.24) is 4.98 Å². The van der Waals surface area contributed by atoms with Crippen LogP contribution in [0.3, 0.4) is 0 Å². The zero-order valence-corrected chi connectivity index (χ0v) is 15.4. The Bertz CT molecular complexity index is 794. The second kappa shape index (κ2) is 9.24. The highest BCUT2D eigenvalue weighted by Gasteiger charge is 2.06. The first-order chi connectivity index (χ1) is 12.5. The Labute approximate surface area is 154 Å². The molecule has 1 aromatic heterocycles. The van der Waals surface area contributed by atoms with Crippen LogP contribution in [0.4, 0.5) is 24.5 Å². The van der Waals surface area contributed by atoms with Gasteiger partial charge in [0.25, 0.3) is 0 Å². The summed E-state index contributed by atoms with van der Waals surface area (Å²) in [6.45, 7) is 6.45. The molecule has 0 aliphatic rings. The summed E-state index contributed by atoms with van der Waals surface area (Å²) < 4.78 is 36.5. The van der Waals surface area contributed by atoms with E-state index in [4.69, 9.17) is 5.73 Å². The molecule has 1 heterocycles. The normalized spacial score (nSPS) is 10.2. The van der Waals surface area contributed by atoms with Gasteiger partial charge in [-0.2, -0.15) is 0 Å². The fourth-order valence-corrected chi connectivity index (χ4v) is 2.90. The molecular weight excluding hydrogens is 359 g/mol. The average molecular weight is 379 g/mol. The highest BCUT2D eigenvalue weighted by molar-refractivity contribution is 7.07. The van der Waals surface area contributed by atoms with Crippen LogP contribution in [0.25, 0.3) is 11.3 Å². The van der Waals surface area contributed by atoms with Gasteiger partial charge in [0.15, 0.2) is 11.6 Å². The lowest BCUT2D eigenvalue weighted by molar-refractivity contribution is 0.549. The van der Waals surface area contributed by atoms with Gasteiger partial charge in [0.2, 0.25) is 0 Å². The van der Waals surface area contributed by atoms with Crippen LogP contribution in [-0.2, 0) is 0 Å². The van der Waals surface area contributed by atoms with Crippen LogP contribution in [0, 0.1) is 17.5 Å². The number of benzene rings is 2. The Kier molecular flexibility index (Phi) is 7.03. The summed E-state index contributed by atoms with van der Waals surface area (Å²) in [5, 5.41) is 2.08. The molecule has 3 aromatic rings. The Hall–Kier alpha value is -2.54. The quantitative estimate of drug-likeness (QED) is 0.622. The smallest absolute Gasteiger partial charge is 0.152 e. The lowest BCUT2D eigenvalue weighted by Gasteiger charge is -2.20. The first kappa shape index (κ1) is 19.8. The Morgan fingerprint density at radius 3 is 2.04 bits per heavy atom. The molecule has 0 saturated carbocycles. The van der Waals surface area contributed by atoms with Crippen LogP contribution in [0.15, 0.2) is 47.3 Å². The number of rotatable bonds is 4. The van der Waals surface area contributed by atoms with E-state index in [2.05, 4.69) is 53.4 Å². The molecule has 0 aliphatic carbocycles. The van der Waals surface area contributed by atoms with Gasteiger partial charge < -0.3 is 10.6 Å². The van der Waals surface area contributed by atoms with Gasteiger partial charge in [0.05, 0.1) is 11.2 Å². The third-order valence-corrected chi connectivity index (χ3v) is 4.35. The van der Waals surface area contributed by atoms with E-state index >= 15 is 0 Å². The van der Waals surface area contributed by atoms with Crippen molar-refractivity contribution in [2.75, 3.05) is 23.7 Å². The summed E-state index contributed by atoms with van der Waals surface area (Å²) in [6.07, 6.45) is 0. The van der Waals surface area contributed by atoms with Crippen LogP contribution in [0.5, 0.6) is 0 Å². The highest BCUT2D eigenvalue weighted by Crippen LogP contribution is 2.22.